The van der Waals surface area contributed by atoms with E-state index in [0.29, 0.717) is 13.2 Å². The van der Waals surface area contributed by atoms with Crippen molar-refractivity contribution in [3.63, 3.8) is 0 Å². The third-order valence-electron chi connectivity index (χ3n) is 3.13. The Morgan fingerprint density at radius 2 is 1.82 bits per heavy atom. The first-order chi connectivity index (χ1) is 10.7. The lowest BCUT2D eigenvalue weighted by molar-refractivity contribution is -0.120. The number of benzene rings is 2. The predicted molar refractivity (Wildman–Crippen MR) is 91.2 cm³/mol. The van der Waals surface area contributed by atoms with Gasteiger partial charge in [-0.25, -0.2) is 0 Å². The van der Waals surface area contributed by atoms with E-state index in [1.165, 1.54) is 0 Å². The highest BCUT2D eigenvalue weighted by Crippen LogP contribution is 2.22. The molecule has 2 rings (SSSR count). The van der Waals surface area contributed by atoms with Crippen LogP contribution in [0.15, 0.2) is 59.5 Å². The zero-order chi connectivity index (χ0) is 15.8. The van der Waals surface area contributed by atoms with Gasteiger partial charge < -0.3 is 10.1 Å². The number of hydrogen-bond donors (Lipinski definition) is 1. The van der Waals surface area contributed by atoms with E-state index >= 15 is 0 Å². The molecule has 0 radical (unpaired) electrons. The first kappa shape index (κ1) is 16.4. The van der Waals surface area contributed by atoms with Crippen LogP contribution in [0.25, 0.3) is 0 Å². The van der Waals surface area contributed by atoms with Crippen LogP contribution in [0.5, 0.6) is 5.75 Å². The average molecular weight is 315 g/mol. The molecule has 2 aromatic carbocycles. The quantitative estimate of drug-likeness (QED) is 0.788. The lowest BCUT2D eigenvalue weighted by Crippen LogP contribution is -2.30. The van der Waals surface area contributed by atoms with E-state index < -0.39 is 0 Å². The summed E-state index contributed by atoms with van der Waals surface area (Å²) in [5.74, 6) is 0.897. The highest BCUT2D eigenvalue weighted by Gasteiger charge is 2.13. The van der Waals surface area contributed by atoms with Gasteiger partial charge in [-0.1, -0.05) is 30.3 Å². The van der Waals surface area contributed by atoms with Crippen molar-refractivity contribution in [3.05, 3.63) is 60.2 Å². The van der Waals surface area contributed by atoms with Crippen molar-refractivity contribution >= 4 is 17.7 Å². The largest absolute Gasteiger partial charge is 0.494 e. The monoisotopic (exact) mass is 315 g/mol. The van der Waals surface area contributed by atoms with E-state index in [2.05, 4.69) is 5.32 Å². The van der Waals surface area contributed by atoms with E-state index in [-0.39, 0.29) is 11.2 Å². The van der Waals surface area contributed by atoms with Crippen LogP contribution in [0.2, 0.25) is 0 Å². The molecule has 0 unspecified atom stereocenters. The summed E-state index contributed by atoms with van der Waals surface area (Å²) in [5.41, 5.74) is 1.06. The maximum Gasteiger partial charge on any atom is 0.233 e. The van der Waals surface area contributed by atoms with Crippen molar-refractivity contribution < 1.29 is 9.53 Å². The minimum absolute atomic E-state index is 0.0442. The van der Waals surface area contributed by atoms with Crippen LogP contribution < -0.4 is 10.1 Å². The van der Waals surface area contributed by atoms with Gasteiger partial charge in [0.25, 0.3) is 0 Å². The molecule has 0 bridgehead atoms. The zero-order valence-electron chi connectivity index (χ0n) is 12.9. The van der Waals surface area contributed by atoms with Gasteiger partial charge in [-0.05, 0) is 43.7 Å². The molecule has 0 saturated carbocycles. The van der Waals surface area contributed by atoms with Crippen molar-refractivity contribution in [1.29, 1.82) is 0 Å². The fourth-order valence-electron chi connectivity index (χ4n) is 1.96. The van der Waals surface area contributed by atoms with Crippen molar-refractivity contribution in [1.82, 2.24) is 5.32 Å². The molecule has 2 aromatic rings. The third-order valence-corrected chi connectivity index (χ3v) is 4.24. The number of rotatable bonds is 7. The molecular formula is C18H21NO2S. The van der Waals surface area contributed by atoms with Crippen LogP contribution in [-0.4, -0.2) is 17.8 Å². The fraction of sp³-hybridized carbons (Fsp3) is 0.278. The van der Waals surface area contributed by atoms with Crippen LogP contribution in [0.4, 0.5) is 0 Å². The number of nitrogens with one attached hydrogen (secondary N) is 1. The van der Waals surface area contributed by atoms with Crippen molar-refractivity contribution in [2.75, 3.05) is 6.61 Å². The molecule has 0 aliphatic heterocycles. The second kappa shape index (κ2) is 8.49. The van der Waals surface area contributed by atoms with Crippen molar-refractivity contribution in [2.45, 2.75) is 30.5 Å². The maximum atomic E-state index is 12.1. The van der Waals surface area contributed by atoms with E-state index in [1.807, 2.05) is 68.4 Å². The molecule has 0 heterocycles. The first-order valence-corrected chi connectivity index (χ1v) is 8.28. The lowest BCUT2D eigenvalue weighted by atomic mass is 10.2. The summed E-state index contributed by atoms with van der Waals surface area (Å²) in [4.78, 5) is 13.2. The van der Waals surface area contributed by atoms with E-state index in [4.69, 9.17) is 4.74 Å². The number of amides is 1. The summed E-state index contributed by atoms with van der Waals surface area (Å²) >= 11 is 1.56. The third kappa shape index (κ3) is 5.11. The van der Waals surface area contributed by atoms with Gasteiger partial charge in [0.15, 0.2) is 0 Å². The van der Waals surface area contributed by atoms with Gasteiger partial charge >= 0.3 is 0 Å². The van der Waals surface area contributed by atoms with Crippen LogP contribution in [0.3, 0.4) is 0 Å². The van der Waals surface area contributed by atoms with Crippen molar-refractivity contribution in [2.24, 2.45) is 0 Å². The van der Waals surface area contributed by atoms with Gasteiger partial charge in [-0.15, -0.1) is 11.8 Å². The number of thioether (sulfide) groups is 1. The summed E-state index contributed by atoms with van der Waals surface area (Å²) in [6.45, 7) is 5.07. The molecule has 22 heavy (non-hydrogen) atoms. The summed E-state index contributed by atoms with van der Waals surface area (Å²) in [7, 11) is 0. The Labute approximate surface area is 136 Å². The molecule has 1 N–H and O–H groups in total. The SMILES string of the molecule is CCOc1ccc(CNC(=O)[C@H](C)Sc2ccccc2)cc1. The summed E-state index contributed by atoms with van der Waals surface area (Å²) in [6, 6.07) is 17.8. The van der Waals surface area contributed by atoms with Crippen LogP contribution in [-0.2, 0) is 11.3 Å². The highest BCUT2D eigenvalue weighted by atomic mass is 32.2. The molecule has 0 aliphatic rings. The summed E-state index contributed by atoms with van der Waals surface area (Å²) in [5, 5.41) is 2.85. The molecule has 3 nitrogen and oxygen atoms in total. The molecule has 0 fully saturated rings. The number of ether oxygens (including phenoxy) is 1. The van der Waals surface area contributed by atoms with E-state index in [1.54, 1.807) is 11.8 Å². The lowest BCUT2D eigenvalue weighted by Gasteiger charge is -2.12. The van der Waals surface area contributed by atoms with Gasteiger partial charge in [-0.3, -0.25) is 4.79 Å². The number of carbonyl (C=O) groups is 1. The fourth-order valence-corrected chi connectivity index (χ4v) is 2.87. The predicted octanol–water partition coefficient (Wildman–Crippen LogP) is 3.88. The van der Waals surface area contributed by atoms with Gasteiger partial charge in [0.1, 0.15) is 5.75 Å². The minimum Gasteiger partial charge on any atom is -0.494 e. The average Bonchev–Trinajstić information content (AvgIpc) is 2.55. The highest BCUT2D eigenvalue weighted by molar-refractivity contribution is 8.00. The summed E-state index contributed by atoms with van der Waals surface area (Å²) in [6.07, 6.45) is 0. The first-order valence-electron chi connectivity index (χ1n) is 7.40. The Morgan fingerprint density at radius 1 is 1.14 bits per heavy atom. The van der Waals surface area contributed by atoms with Crippen LogP contribution in [0.1, 0.15) is 19.4 Å². The molecule has 1 atom stereocenters. The molecule has 0 aromatic heterocycles. The smallest absolute Gasteiger partial charge is 0.233 e. The minimum atomic E-state index is -0.120. The topological polar surface area (TPSA) is 38.3 Å². The maximum absolute atomic E-state index is 12.1. The normalized spacial score (nSPS) is 11.7. The van der Waals surface area contributed by atoms with E-state index in [0.717, 1.165) is 16.2 Å². The molecule has 0 spiro atoms. The van der Waals surface area contributed by atoms with E-state index in [9.17, 15) is 4.79 Å². The number of carbonyl (C=O) groups excluding carboxylic acids is 1. The van der Waals surface area contributed by atoms with Gasteiger partial charge in [0.05, 0.1) is 11.9 Å². The Kier molecular flexibility index (Phi) is 6.34. The second-order valence-electron chi connectivity index (χ2n) is 4.87. The Morgan fingerprint density at radius 3 is 2.45 bits per heavy atom. The van der Waals surface area contributed by atoms with Gasteiger partial charge in [0.2, 0.25) is 5.91 Å². The second-order valence-corrected chi connectivity index (χ2v) is 6.28. The van der Waals surface area contributed by atoms with Gasteiger partial charge in [0, 0.05) is 11.4 Å². The molecule has 116 valence electrons. The Hall–Kier alpha value is -1.94. The zero-order valence-corrected chi connectivity index (χ0v) is 13.7. The summed E-state index contributed by atoms with van der Waals surface area (Å²) < 4.78 is 5.40. The molecular weight excluding hydrogens is 294 g/mol. The van der Waals surface area contributed by atoms with Crippen molar-refractivity contribution in [3.8, 4) is 5.75 Å². The Bertz CT molecular complexity index is 584. The Balaban J connectivity index is 1.81. The number of hydrogen-bond acceptors (Lipinski definition) is 3. The standard InChI is InChI=1S/C18H21NO2S/c1-3-21-16-11-9-15(10-12-16)13-19-18(20)14(2)22-17-7-5-4-6-8-17/h4-12,14H,3,13H2,1-2H3,(H,19,20)/t14-/m0/s1. The molecule has 0 aliphatic carbocycles. The molecule has 4 heteroatoms. The van der Waals surface area contributed by atoms with Crippen LogP contribution in [0, 0.1) is 0 Å². The molecule has 0 saturated heterocycles. The molecule has 1 amide bonds. The van der Waals surface area contributed by atoms with Gasteiger partial charge in [-0.2, -0.15) is 0 Å². The van der Waals surface area contributed by atoms with Crippen LogP contribution >= 0.6 is 11.8 Å².